The Morgan fingerprint density at radius 3 is 2.94 bits per heavy atom. The standard InChI is InChI=1S/C12H19BrN2OS/c1-8-10(13)5-12(17-8)11(6-14)15(2)9-3-4-16-7-9/h5,9,11H,3-4,6-7,14H2,1-2H3. The van der Waals surface area contributed by atoms with Crippen LogP contribution in [0.1, 0.15) is 22.2 Å². The van der Waals surface area contributed by atoms with E-state index >= 15 is 0 Å². The summed E-state index contributed by atoms with van der Waals surface area (Å²) in [4.78, 5) is 5.02. The van der Waals surface area contributed by atoms with Gasteiger partial charge in [-0.05, 0) is 42.4 Å². The lowest BCUT2D eigenvalue weighted by Crippen LogP contribution is -2.38. The molecule has 1 aliphatic heterocycles. The van der Waals surface area contributed by atoms with Crippen molar-refractivity contribution in [3.8, 4) is 0 Å². The van der Waals surface area contributed by atoms with E-state index in [2.05, 4.69) is 40.9 Å². The highest BCUT2D eigenvalue weighted by molar-refractivity contribution is 9.10. The van der Waals surface area contributed by atoms with Crippen LogP contribution in [0, 0.1) is 6.92 Å². The highest BCUT2D eigenvalue weighted by Crippen LogP contribution is 2.33. The molecular weight excluding hydrogens is 300 g/mol. The molecule has 1 aliphatic rings. The lowest BCUT2D eigenvalue weighted by atomic mass is 10.1. The van der Waals surface area contributed by atoms with Gasteiger partial charge in [-0.3, -0.25) is 4.90 Å². The van der Waals surface area contributed by atoms with Crippen LogP contribution in [-0.4, -0.2) is 37.7 Å². The molecule has 0 aromatic carbocycles. The predicted octanol–water partition coefficient (Wildman–Crippen LogP) is 2.54. The van der Waals surface area contributed by atoms with Crippen molar-refractivity contribution < 1.29 is 4.74 Å². The van der Waals surface area contributed by atoms with E-state index in [9.17, 15) is 0 Å². The molecule has 3 nitrogen and oxygen atoms in total. The first-order valence-corrected chi connectivity index (χ1v) is 7.50. The molecule has 1 saturated heterocycles. The van der Waals surface area contributed by atoms with Gasteiger partial charge in [-0.25, -0.2) is 0 Å². The number of aryl methyl sites for hydroxylation is 1. The second kappa shape index (κ2) is 5.80. The van der Waals surface area contributed by atoms with Crippen molar-refractivity contribution in [2.75, 3.05) is 26.8 Å². The number of nitrogens with two attached hydrogens (primary N) is 1. The van der Waals surface area contributed by atoms with E-state index < -0.39 is 0 Å². The zero-order valence-corrected chi connectivity index (χ0v) is 12.7. The molecule has 2 N–H and O–H groups in total. The SMILES string of the molecule is Cc1sc(C(CN)N(C)C2CCOC2)cc1Br. The van der Waals surface area contributed by atoms with Gasteiger partial charge in [0.2, 0.25) is 0 Å². The second-order valence-electron chi connectivity index (χ2n) is 4.49. The van der Waals surface area contributed by atoms with Crippen LogP contribution >= 0.6 is 27.3 Å². The van der Waals surface area contributed by atoms with E-state index in [4.69, 9.17) is 10.5 Å². The van der Waals surface area contributed by atoms with Gasteiger partial charge in [0.25, 0.3) is 0 Å². The fourth-order valence-corrected chi connectivity index (χ4v) is 3.95. The summed E-state index contributed by atoms with van der Waals surface area (Å²) in [7, 11) is 2.15. The average molecular weight is 319 g/mol. The van der Waals surface area contributed by atoms with Gasteiger partial charge in [-0.15, -0.1) is 11.3 Å². The zero-order valence-electron chi connectivity index (χ0n) is 10.3. The molecule has 0 saturated carbocycles. The third kappa shape index (κ3) is 2.90. The normalized spacial score (nSPS) is 22.3. The predicted molar refractivity (Wildman–Crippen MR) is 75.5 cm³/mol. The summed E-state index contributed by atoms with van der Waals surface area (Å²) in [6, 6.07) is 3.01. The Bertz CT molecular complexity index is 357. The number of halogens is 1. The molecule has 0 bridgehead atoms. The summed E-state index contributed by atoms with van der Waals surface area (Å²) in [6.07, 6.45) is 1.11. The molecule has 17 heavy (non-hydrogen) atoms. The summed E-state index contributed by atoms with van der Waals surface area (Å²) in [6.45, 7) is 4.49. The van der Waals surface area contributed by atoms with E-state index in [1.165, 1.54) is 14.2 Å². The van der Waals surface area contributed by atoms with Crippen LogP contribution < -0.4 is 5.73 Å². The van der Waals surface area contributed by atoms with Crippen LogP contribution in [0.2, 0.25) is 0 Å². The van der Waals surface area contributed by atoms with Gasteiger partial charge in [0, 0.05) is 33.4 Å². The highest BCUT2D eigenvalue weighted by atomic mass is 79.9. The van der Waals surface area contributed by atoms with E-state index in [1.54, 1.807) is 0 Å². The maximum absolute atomic E-state index is 5.94. The quantitative estimate of drug-likeness (QED) is 0.927. The van der Waals surface area contributed by atoms with Crippen molar-refractivity contribution in [2.24, 2.45) is 5.73 Å². The van der Waals surface area contributed by atoms with E-state index in [1.807, 2.05) is 11.3 Å². The first-order chi connectivity index (χ1) is 8.13. The molecule has 0 spiro atoms. The Balaban J connectivity index is 2.14. The Kier molecular flexibility index (Phi) is 4.60. The van der Waals surface area contributed by atoms with Gasteiger partial charge in [-0.1, -0.05) is 0 Å². The molecule has 96 valence electrons. The summed E-state index contributed by atoms with van der Waals surface area (Å²) >= 11 is 5.40. The number of ether oxygens (including phenoxy) is 1. The second-order valence-corrected chi connectivity index (χ2v) is 6.63. The maximum Gasteiger partial charge on any atom is 0.0622 e. The molecule has 1 aromatic rings. The van der Waals surface area contributed by atoms with Gasteiger partial charge in [0.05, 0.1) is 12.6 Å². The van der Waals surface area contributed by atoms with Gasteiger partial charge in [0.1, 0.15) is 0 Å². The third-order valence-corrected chi connectivity index (χ3v) is 5.64. The number of rotatable bonds is 4. The molecular formula is C12H19BrN2OS. The molecule has 5 heteroatoms. The Labute approximate surface area is 115 Å². The topological polar surface area (TPSA) is 38.5 Å². The maximum atomic E-state index is 5.94. The van der Waals surface area contributed by atoms with Crippen molar-refractivity contribution in [3.63, 3.8) is 0 Å². The fourth-order valence-electron chi connectivity index (χ4n) is 2.23. The van der Waals surface area contributed by atoms with Gasteiger partial charge in [-0.2, -0.15) is 0 Å². The van der Waals surface area contributed by atoms with Crippen LogP contribution in [0.3, 0.4) is 0 Å². The van der Waals surface area contributed by atoms with Crippen LogP contribution in [0.15, 0.2) is 10.5 Å². The van der Waals surface area contributed by atoms with Gasteiger partial charge in [0.15, 0.2) is 0 Å². The third-order valence-electron chi connectivity index (χ3n) is 3.40. The molecule has 2 rings (SSSR count). The Morgan fingerprint density at radius 1 is 1.71 bits per heavy atom. The minimum atomic E-state index is 0.302. The number of hydrogen-bond acceptors (Lipinski definition) is 4. The summed E-state index contributed by atoms with van der Waals surface area (Å²) < 4.78 is 6.64. The number of hydrogen-bond donors (Lipinski definition) is 1. The molecule has 2 unspecified atom stereocenters. The minimum Gasteiger partial charge on any atom is -0.380 e. The van der Waals surface area contributed by atoms with Crippen molar-refractivity contribution in [2.45, 2.75) is 25.4 Å². The van der Waals surface area contributed by atoms with Crippen LogP contribution in [-0.2, 0) is 4.74 Å². The first-order valence-electron chi connectivity index (χ1n) is 5.89. The molecule has 0 aliphatic carbocycles. The smallest absolute Gasteiger partial charge is 0.0622 e. The number of nitrogens with zero attached hydrogens (tertiary/aromatic N) is 1. The number of likely N-dealkylation sites (N-methyl/N-ethyl adjacent to an activating group) is 1. The lowest BCUT2D eigenvalue weighted by Gasteiger charge is -2.30. The van der Waals surface area contributed by atoms with Gasteiger partial charge >= 0.3 is 0 Å². The lowest BCUT2D eigenvalue weighted by molar-refractivity contribution is 0.135. The Hall–Kier alpha value is 0.0600. The van der Waals surface area contributed by atoms with E-state index in [0.29, 0.717) is 18.6 Å². The van der Waals surface area contributed by atoms with Gasteiger partial charge < -0.3 is 10.5 Å². The summed E-state index contributed by atoms with van der Waals surface area (Å²) in [5.74, 6) is 0. The highest BCUT2D eigenvalue weighted by Gasteiger charge is 2.27. The Morgan fingerprint density at radius 2 is 2.47 bits per heavy atom. The average Bonchev–Trinajstić information content (AvgIpc) is 2.91. The van der Waals surface area contributed by atoms with Crippen molar-refractivity contribution in [1.82, 2.24) is 4.90 Å². The summed E-state index contributed by atoms with van der Waals surface area (Å²) in [5.41, 5.74) is 5.94. The monoisotopic (exact) mass is 318 g/mol. The van der Waals surface area contributed by atoms with Crippen LogP contribution in [0.25, 0.3) is 0 Å². The molecule has 1 aromatic heterocycles. The van der Waals surface area contributed by atoms with Crippen LogP contribution in [0.4, 0.5) is 0 Å². The summed E-state index contributed by atoms with van der Waals surface area (Å²) in [5, 5.41) is 0. The van der Waals surface area contributed by atoms with Crippen molar-refractivity contribution in [3.05, 3.63) is 20.3 Å². The molecule has 0 radical (unpaired) electrons. The molecule has 1 fully saturated rings. The molecule has 2 atom stereocenters. The first kappa shape index (κ1) is 13.5. The largest absolute Gasteiger partial charge is 0.380 e. The number of thiophene rings is 1. The fraction of sp³-hybridized carbons (Fsp3) is 0.667. The van der Waals surface area contributed by atoms with Crippen LogP contribution in [0.5, 0.6) is 0 Å². The minimum absolute atomic E-state index is 0.302. The molecule has 2 heterocycles. The molecule has 0 amide bonds. The van der Waals surface area contributed by atoms with E-state index in [0.717, 1.165) is 19.6 Å². The zero-order chi connectivity index (χ0) is 12.4. The van der Waals surface area contributed by atoms with Crippen molar-refractivity contribution >= 4 is 27.3 Å². The van der Waals surface area contributed by atoms with E-state index in [-0.39, 0.29) is 0 Å². The van der Waals surface area contributed by atoms with Crippen molar-refractivity contribution in [1.29, 1.82) is 0 Å².